The van der Waals surface area contributed by atoms with E-state index in [0.717, 1.165) is 18.6 Å². The van der Waals surface area contributed by atoms with Gasteiger partial charge in [-0.1, -0.05) is 20.3 Å². The van der Waals surface area contributed by atoms with Gasteiger partial charge in [0.05, 0.1) is 0 Å². The van der Waals surface area contributed by atoms with Crippen molar-refractivity contribution in [1.29, 1.82) is 0 Å². The molecule has 2 bridgehead atoms. The standard InChI is InChI=1S/C14H29N3/c1-4-11(2)14(15)10-17-8-7-12-5-6-13(9-17)16(12)3/h11-14H,4-10,15H2,1-3H3. The zero-order valence-electron chi connectivity index (χ0n) is 11.7. The fraction of sp³-hybridized carbons (Fsp3) is 1.00. The molecule has 0 amide bonds. The molecule has 0 aromatic heterocycles. The smallest absolute Gasteiger partial charge is 0.0223 e. The summed E-state index contributed by atoms with van der Waals surface area (Å²) >= 11 is 0. The fourth-order valence-electron chi connectivity index (χ4n) is 3.33. The topological polar surface area (TPSA) is 32.5 Å². The van der Waals surface area contributed by atoms with Crippen LogP contribution < -0.4 is 5.73 Å². The van der Waals surface area contributed by atoms with Crippen molar-refractivity contribution < 1.29 is 0 Å². The monoisotopic (exact) mass is 239 g/mol. The maximum absolute atomic E-state index is 6.29. The molecule has 4 unspecified atom stereocenters. The minimum atomic E-state index is 0.349. The van der Waals surface area contributed by atoms with E-state index in [1.54, 1.807) is 0 Å². The molecule has 2 aliphatic heterocycles. The molecule has 3 nitrogen and oxygen atoms in total. The number of hydrogen-bond acceptors (Lipinski definition) is 3. The van der Waals surface area contributed by atoms with Crippen molar-refractivity contribution in [3.63, 3.8) is 0 Å². The number of nitrogens with two attached hydrogens (primary N) is 1. The molecule has 2 rings (SSSR count). The molecular formula is C14H29N3. The van der Waals surface area contributed by atoms with Crippen molar-refractivity contribution >= 4 is 0 Å². The number of likely N-dealkylation sites (tertiary alicyclic amines) is 1. The Balaban J connectivity index is 1.86. The largest absolute Gasteiger partial charge is 0.326 e. The van der Waals surface area contributed by atoms with Gasteiger partial charge in [0.1, 0.15) is 0 Å². The third-order valence-corrected chi connectivity index (χ3v) is 5.08. The van der Waals surface area contributed by atoms with E-state index in [2.05, 4.69) is 30.7 Å². The molecular weight excluding hydrogens is 210 g/mol. The Hall–Kier alpha value is -0.120. The van der Waals surface area contributed by atoms with Crippen LogP contribution in [0.3, 0.4) is 0 Å². The molecule has 0 aromatic carbocycles. The van der Waals surface area contributed by atoms with Crippen LogP contribution in [0.2, 0.25) is 0 Å². The Labute approximate surface area is 106 Å². The lowest BCUT2D eigenvalue weighted by molar-refractivity contribution is 0.200. The Kier molecular flexibility index (Phi) is 4.45. The van der Waals surface area contributed by atoms with E-state index in [1.165, 1.54) is 38.8 Å². The molecule has 2 aliphatic rings. The minimum absolute atomic E-state index is 0.349. The van der Waals surface area contributed by atoms with Gasteiger partial charge in [-0.05, 0) is 38.8 Å². The highest BCUT2D eigenvalue weighted by molar-refractivity contribution is 4.91. The highest BCUT2D eigenvalue weighted by Gasteiger charge is 2.34. The van der Waals surface area contributed by atoms with Crippen LogP contribution in [-0.4, -0.2) is 54.6 Å². The summed E-state index contributed by atoms with van der Waals surface area (Å²) in [5, 5.41) is 0. The Morgan fingerprint density at radius 1 is 1.24 bits per heavy atom. The van der Waals surface area contributed by atoms with Crippen LogP contribution in [0, 0.1) is 5.92 Å². The van der Waals surface area contributed by atoms with E-state index in [9.17, 15) is 0 Å². The van der Waals surface area contributed by atoms with Gasteiger partial charge in [0.2, 0.25) is 0 Å². The number of likely N-dealkylation sites (N-methyl/N-ethyl adjacent to an activating group) is 1. The summed E-state index contributed by atoms with van der Waals surface area (Å²) in [4.78, 5) is 5.21. The maximum Gasteiger partial charge on any atom is 0.0223 e. The molecule has 2 heterocycles. The van der Waals surface area contributed by atoms with Gasteiger partial charge < -0.3 is 10.6 Å². The lowest BCUT2D eigenvalue weighted by Gasteiger charge is -2.29. The first-order valence-corrected chi connectivity index (χ1v) is 7.31. The summed E-state index contributed by atoms with van der Waals surface area (Å²) in [6, 6.07) is 1.97. The van der Waals surface area contributed by atoms with E-state index in [-0.39, 0.29) is 0 Å². The third kappa shape index (κ3) is 3.01. The first kappa shape index (κ1) is 13.3. The molecule has 0 radical (unpaired) electrons. The van der Waals surface area contributed by atoms with Crippen LogP contribution in [-0.2, 0) is 0 Å². The van der Waals surface area contributed by atoms with E-state index >= 15 is 0 Å². The second-order valence-corrected chi connectivity index (χ2v) is 6.15. The summed E-state index contributed by atoms with van der Waals surface area (Å²) in [7, 11) is 2.31. The van der Waals surface area contributed by atoms with Crippen molar-refractivity contribution in [2.24, 2.45) is 11.7 Å². The molecule has 2 saturated heterocycles. The van der Waals surface area contributed by atoms with Crippen molar-refractivity contribution in [3.8, 4) is 0 Å². The van der Waals surface area contributed by atoms with Gasteiger partial charge in [-0.15, -0.1) is 0 Å². The van der Waals surface area contributed by atoms with Crippen LogP contribution in [0.5, 0.6) is 0 Å². The van der Waals surface area contributed by atoms with E-state index < -0.39 is 0 Å². The fourth-order valence-corrected chi connectivity index (χ4v) is 3.33. The second kappa shape index (κ2) is 5.68. The van der Waals surface area contributed by atoms with Crippen LogP contribution in [0.4, 0.5) is 0 Å². The first-order valence-electron chi connectivity index (χ1n) is 7.31. The van der Waals surface area contributed by atoms with Gasteiger partial charge in [-0.25, -0.2) is 0 Å². The summed E-state index contributed by atoms with van der Waals surface area (Å²) in [5.74, 6) is 0.646. The average molecular weight is 239 g/mol. The number of fused-ring (bicyclic) bond motifs is 2. The van der Waals surface area contributed by atoms with Crippen LogP contribution >= 0.6 is 0 Å². The van der Waals surface area contributed by atoms with E-state index in [1.807, 2.05) is 0 Å². The zero-order chi connectivity index (χ0) is 12.4. The van der Waals surface area contributed by atoms with Crippen molar-refractivity contribution in [1.82, 2.24) is 9.80 Å². The van der Waals surface area contributed by atoms with Crippen molar-refractivity contribution in [2.75, 3.05) is 26.7 Å². The predicted molar refractivity (Wildman–Crippen MR) is 73.1 cm³/mol. The first-order chi connectivity index (χ1) is 8.11. The quantitative estimate of drug-likeness (QED) is 0.807. The van der Waals surface area contributed by atoms with Crippen molar-refractivity contribution in [3.05, 3.63) is 0 Å². The van der Waals surface area contributed by atoms with Gasteiger partial charge in [0.25, 0.3) is 0 Å². The molecule has 4 atom stereocenters. The molecule has 2 N–H and O–H groups in total. The Morgan fingerprint density at radius 2 is 1.94 bits per heavy atom. The van der Waals surface area contributed by atoms with E-state index in [4.69, 9.17) is 5.73 Å². The number of hydrogen-bond donors (Lipinski definition) is 1. The predicted octanol–water partition coefficient (Wildman–Crippen LogP) is 1.53. The summed E-state index contributed by atoms with van der Waals surface area (Å²) < 4.78 is 0. The maximum atomic E-state index is 6.29. The minimum Gasteiger partial charge on any atom is -0.326 e. The van der Waals surface area contributed by atoms with Crippen LogP contribution in [0.25, 0.3) is 0 Å². The van der Waals surface area contributed by atoms with Crippen LogP contribution in [0.15, 0.2) is 0 Å². The Morgan fingerprint density at radius 3 is 2.65 bits per heavy atom. The third-order valence-electron chi connectivity index (χ3n) is 5.08. The van der Waals surface area contributed by atoms with Gasteiger partial charge in [0, 0.05) is 31.2 Å². The summed E-state index contributed by atoms with van der Waals surface area (Å²) in [6.45, 7) is 8.09. The lowest BCUT2D eigenvalue weighted by Crippen LogP contribution is -2.44. The molecule has 3 heteroatoms. The van der Waals surface area contributed by atoms with Gasteiger partial charge >= 0.3 is 0 Å². The summed E-state index contributed by atoms with van der Waals surface area (Å²) in [6.07, 6.45) is 5.32. The SMILES string of the molecule is CCC(C)C(N)CN1CCC2CCC(C1)N2C. The zero-order valence-corrected chi connectivity index (χ0v) is 11.7. The molecule has 100 valence electrons. The highest BCUT2D eigenvalue weighted by atomic mass is 15.3. The molecule has 17 heavy (non-hydrogen) atoms. The van der Waals surface area contributed by atoms with Gasteiger partial charge in [-0.2, -0.15) is 0 Å². The molecule has 0 aromatic rings. The highest BCUT2D eigenvalue weighted by Crippen LogP contribution is 2.28. The van der Waals surface area contributed by atoms with Gasteiger partial charge in [-0.3, -0.25) is 4.90 Å². The van der Waals surface area contributed by atoms with Gasteiger partial charge in [0.15, 0.2) is 0 Å². The molecule has 2 fully saturated rings. The molecule has 0 aliphatic carbocycles. The lowest BCUT2D eigenvalue weighted by atomic mass is 9.99. The molecule has 0 saturated carbocycles. The Bertz CT molecular complexity index is 244. The van der Waals surface area contributed by atoms with Crippen LogP contribution in [0.1, 0.15) is 39.5 Å². The summed E-state index contributed by atoms with van der Waals surface area (Å²) in [5.41, 5.74) is 6.29. The number of rotatable bonds is 4. The van der Waals surface area contributed by atoms with E-state index in [0.29, 0.717) is 12.0 Å². The average Bonchev–Trinajstić information content (AvgIpc) is 2.56. The second-order valence-electron chi connectivity index (χ2n) is 6.15. The normalized spacial score (nSPS) is 34.6. The van der Waals surface area contributed by atoms with Crippen molar-refractivity contribution in [2.45, 2.75) is 57.7 Å². The number of nitrogens with zero attached hydrogens (tertiary/aromatic N) is 2. The molecule has 0 spiro atoms.